The van der Waals surface area contributed by atoms with Gasteiger partial charge in [-0.15, -0.1) is 0 Å². The van der Waals surface area contributed by atoms with Crippen molar-refractivity contribution in [2.75, 3.05) is 0 Å². The third-order valence-corrected chi connectivity index (χ3v) is 12.0. The van der Waals surface area contributed by atoms with E-state index >= 15 is 0 Å². The number of hydrogen-bond donors (Lipinski definition) is 0. The van der Waals surface area contributed by atoms with E-state index in [1.54, 1.807) is 0 Å². The van der Waals surface area contributed by atoms with Crippen LogP contribution in [0.4, 0.5) is 0 Å². The first-order chi connectivity index (χ1) is 22.7. The molecule has 0 atom stereocenters. The minimum absolute atomic E-state index is 0.833. The maximum Gasteiger partial charge on any atom is 0.171 e. The summed E-state index contributed by atoms with van der Waals surface area (Å²) in [7, 11) is -3.02. The Balaban J connectivity index is 1.18. The lowest BCUT2D eigenvalue weighted by atomic mass is 9.90. The highest BCUT2D eigenvalue weighted by molar-refractivity contribution is 7.85. The molecule has 0 saturated carbocycles. The van der Waals surface area contributed by atoms with Crippen LogP contribution in [0.1, 0.15) is 0 Å². The Kier molecular flexibility index (Phi) is 7.18. The molecule has 218 valence electrons. The van der Waals surface area contributed by atoms with Crippen LogP contribution >= 0.6 is 7.14 Å². The molecule has 0 aliphatic carbocycles. The van der Waals surface area contributed by atoms with Crippen LogP contribution in [-0.4, -0.2) is 0 Å². The Bertz CT molecular complexity index is 2280. The standard InChI is InChI=1S/C44H31OP/c45-46(39-19-3-1-4-20-39,40-21-5-2-6-22-40)41-27-25-32(26-28-41)33-15-11-16-34(29-33)35-17-12-18-38(30-35)44-42-23-9-7-13-36(42)31-37-14-8-10-24-43(37)44/h1-31H. The van der Waals surface area contributed by atoms with Crippen LogP contribution in [0, 0.1) is 0 Å². The Morgan fingerprint density at radius 3 is 1.26 bits per heavy atom. The zero-order chi connectivity index (χ0) is 30.9. The van der Waals surface area contributed by atoms with Crippen molar-refractivity contribution in [3.8, 4) is 33.4 Å². The molecule has 0 bridgehead atoms. The molecule has 0 N–H and O–H groups in total. The molecule has 0 unspecified atom stereocenters. The normalized spacial score (nSPS) is 11.6. The highest BCUT2D eigenvalue weighted by Gasteiger charge is 2.29. The summed E-state index contributed by atoms with van der Waals surface area (Å²) in [6, 6.07) is 65.1. The van der Waals surface area contributed by atoms with Gasteiger partial charge in [0.15, 0.2) is 7.14 Å². The van der Waals surface area contributed by atoms with E-state index in [9.17, 15) is 4.57 Å². The lowest BCUT2D eigenvalue weighted by Gasteiger charge is -2.20. The highest BCUT2D eigenvalue weighted by Crippen LogP contribution is 2.43. The first-order valence-corrected chi connectivity index (χ1v) is 17.3. The minimum Gasteiger partial charge on any atom is -0.309 e. The first-order valence-electron chi connectivity index (χ1n) is 15.6. The second-order valence-electron chi connectivity index (χ2n) is 11.7. The lowest BCUT2D eigenvalue weighted by molar-refractivity contribution is 0.592. The van der Waals surface area contributed by atoms with Gasteiger partial charge in [-0.1, -0.05) is 170 Å². The highest BCUT2D eigenvalue weighted by atomic mass is 31.2. The van der Waals surface area contributed by atoms with Crippen LogP contribution in [0.2, 0.25) is 0 Å². The van der Waals surface area contributed by atoms with Gasteiger partial charge in [0.1, 0.15) is 0 Å². The van der Waals surface area contributed by atoms with Gasteiger partial charge >= 0.3 is 0 Å². The van der Waals surface area contributed by atoms with Crippen molar-refractivity contribution < 1.29 is 4.57 Å². The van der Waals surface area contributed by atoms with E-state index in [0.717, 1.165) is 32.6 Å². The van der Waals surface area contributed by atoms with Crippen LogP contribution < -0.4 is 15.9 Å². The maximum atomic E-state index is 14.8. The number of benzene rings is 8. The molecule has 2 heteroatoms. The molecule has 0 amide bonds. The second kappa shape index (κ2) is 11.8. The molecule has 0 aromatic heterocycles. The van der Waals surface area contributed by atoms with Crippen molar-refractivity contribution in [1.82, 2.24) is 0 Å². The van der Waals surface area contributed by atoms with Gasteiger partial charge in [0.25, 0.3) is 0 Å². The number of hydrogen-bond acceptors (Lipinski definition) is 1. The summed E-state index contributed by atoms with van der Waals surface area (Å²) in [6.07, 6.45) is 0. The molecular formula is C44H31OP. The average molecular weight is 607 g/mol. The van der Waals surface area contributed by atoms with E-state index in [0.29, 0.717) is 0 Å². The SMILES string of the molecule is O=P(c1ccccc1)(c1ccccc1)c1ccc(-c2cccc(-c3cccc(-c4c5ccccc5cc5ccccc45)c3)c2)cc1. The summed E-state index contributed by atoms with van der Waals surface area (Å²) in [5, 5.41) is 7.53. The van der Waals surface area contributed by atoms with E-state index in [4.69, 9.17) is 0 Å². The maximum absolute atomic E-state index is 14.8. The van der Waals surface area contributed by atoms with Gasteiger partial charge in [0.05, 0.1) is 0 Å². The summed E-state index contributed by atoms with van der Waals surface area (Å²) in [6.45, 7) is 0. The molecule has 8 aromatic rings. The summed E-state index contributed by atoms with van der Waals surface area (Å²) in [5.41, 5.74) is 7.02. The van der Waals surface area contributed by atoms with Gasteiger partial charge in [-0.05, 0) is 73.1 Å². The second-order valence-corrected chi connectivity index (χ2v) is 14.5. The van der Waals surface area contributed by atoms with Crippen molar-refractivity contribution in [2.45, 2.75) is 0 Å². The van der Waals surface area contributed by atoms with Gasteiger partial charge < -0.3 is 4.57 Å². The predicted molar refractivity (Wildman–Crippen MR) is 197 cm³/mol. The van der Waals surface area contributed by atoms with E-state index in [-0.39, 0.29) is 0 Å². The van der Waals surface area contributed by atoms with Gasteiger partial charge in [-0.2, -0.15) is 0 Å². The van der Waals surface area contributed by atoms with Crippen molar-refractivity contribution in [1.29, 1.82) is 0 Å². The largest absolute Gasteiger partial charge is 0.309 e. The van der Waals surface area contributed by atoms with Gasteiger partial charge in [-0.3, -0.25) is 0 Å². The van der Waals surface area contributed by atoms with Crippen LogP contribution in [0.25, 0.3) is 54.9 Å². The Hall–Kier alpha value is -5.49. The number of fused-ring (bicyclic) bond motifs is 2. The fourth-order valence-corrected chi connectivity index (χ4v) is 9.29. The number of rotatable bonds is 6. The van der Waals surface area contributed by atoms with Gasteiger partial charge in [0, 0.05) is 15.9 Å². The average Bonchev–Trinajstić information content (AvgIpc) is 3.14. The molecular weight excluding hydrogens is 575 g/mol. The molecule has 8 aromatic carbocycles. The van der Waals surface area contributed by atoms with Crippen molar-refractivity contribution >= 4 is 44.6 Å². The van der Waals surface area contributed by atoms with E-state index in [1.165, 1.54) is 38.2 Å². The molecule has 0 fully saturated rings. The van der Waals surface area contributed by atoms with Crippen LogP contribution in [0.5, 0.6) is 0 Å². The predicted octanol–water partition coefficient (Wildman–Crippen LogP) is 10.6. The van der Waals surface area contributed by atoms with E-state index < -0.39 is 7.14 Å². The monoisotopic (exact) mass is 606 g/mol. The minimum atomic E-state index is -3.02. The van der Waals surface area contributed by atoms with Crippen LogP contribution in [-0.2, 0) is 4.57 Å². The zero-order valence-electron chi connectivity index (χ0n) is 25.3. The lowest BCUT2D eigenvalue weighted by Crippen LogP contribution is -2.24. The van der Waals surface area contributed by atoms with E-state index in [1.807, 2.05) is 72.8 Å². The summed E-state index contributed by atoms with van der Waals surface area (Å²) < 4.78 is 14.8. The zero-order valence-corrected chi connectivity index (χ0v) is 26.1. The van der Waals surface area contributed by atoms with Gasteiger partial charge in [0.2, 0.25) is 0 Å². The van der Waals surface area contributed by atoms with Crippen LogP contribution in [0.3, 0.4) is 0 Å². The molecule has 0 saturated heterocycles. The quantitative estimate of drug-likeness (QED) is 0.136. The summed E-state index contributed by atoms with van der Waals surface area (Å²) in [4.78, 5) is 0. The molecule has 46 heavy (non-hydrogen) atoms. The fraction of sp³-hybridized carbons (Fsp3) is 0. The Morgan fingerprint density at radius 1 is 0.304 bits per heavy atom. The van der Waals surface area contributed by atoms with Crippen molar-refractivity contribution in [3.63, 3.8) is 0 Å². The third kappa shape index (κ3) is 4.96. The van der Waals surface area contributed by atoms with Crippen molar-refractivity contribution in [2.24, 2.45) is 0 Å². The van der Waals surface area contributed by atoms with Crippen molar-refractivity contribution in [3.05, 3.63) is 188 Å². The van der Waals surface area contributed by atoms with E-state index in [2.05, 4.69) is 115 Å². The van der Waals surface area contributed by atoms with Gasteiger partial charge in [-0.25, -0.2) is 0 Å². The molecule has 0 aliphatic heterocycles. The Labute approximate surface area is 269 Å². The fourth-order valence-electron chi connectivity index (χ4n) is 6.64. The molecule has 0 aliphatic rings. The smallest absolute Gasteiger partial charge is 0.171 e. The molecule has 0 radical (unpaired) electrons. The molecule has 0 heterocycles. The molecule has 1 nitrogen and oxygen atoms in total. The topological polar surface area (TPSA) is 17.1 Å². The molecule has 8 rings (SSSR count). The Morgan fingerprint density at radius 2 is 0.717 bits per heavy atom. The third-order valence-electron chi connectivity index (χ3n) is 8.92. The first kappa shape index (κ1) is 28.0. The molecule has 0 spiro atoms. The summed E-state index contributed by atoms with van der Waals surface area (Å²) >= 11 is 0. The van der Waals surface area contributed by atoms with Crippen LogP contribution in [0.15, 0.2) is 188 Å². The summed E-state index contributed by atoms with van der Waals surface area (Å²) in [5.74, 6) is 0.